The number of hydroxylamine groups is 1. The fourth-order valence-corrected chi connectivity index (χ4v) is 3.77. The molecule has 0 radical (unpaired) electrons. The summed E-state index contributed by atoms with van der Waals surface area (Å²) in [7, 11) is -1.32. The highest BCUT2D eigenvalue weighted by Gasteiger charge is 2.22. The third-order valence-corrected chi connectivity index (χ3v) is 6.20. The molecule has 1 aromatic heterocycles. The number of aryl methyl sites for hydroxylation is 1. The number of hydrogen-bond donors (Lipinski definition) is 0. The van der Waals surface area contributed by atoms with Gasteiger partial charge in [0.15, 0.2) is 6.61 Å². The van der Waals surface area contributed by atoms with Crippen molar-refractivity contribution in [3.05, 3.63) is 65.5 Å². The molecule has 0 aliphatic rings. The van der Waals surface area contributed by atoms with E-state index in [-0.39, 0.29) is 16.2 Å². The van der Waals surface area contributed by atoms with Gasteiger partial charge in [-0.1, -0.05) is 10.5 Å². The molecule has 0 unspecified atom stereocenters. The second kappa shape index (κ2) is 9.17. The first-order valence-corrected chi connectivity index (χ1v) is 10.2. The Bertz CT molecular complexity index is 1020. The van der Waals surface area contributed by atoms with E-state index in [9.17, 15) is 18.0 Å². The number of ketones is 1. The summed E-state index contributed by atoms with van der Waals surface area (Å²) in [5.74, 6) is -1.04. The lowest BCUT2D eigenvalue weighted by Gasteiger charge is -2.14. The fraction of sp³-hybridized carbons (Fsp3) is 0.300. The number of sulfonamides is 1. The van der Waals surface area contributed by atoms with Gasteiger partial charge in [0, 0.05) is 30.5 Å². The minimum atomic E-state index is -3.81. The van der Waals surface area contributed by atoms with Gasteiger partial charge in [-0.05, 0) is 44.2 Å². The number of aromatic nitrogens is 1. The largest absolute Gasteiger partial charge is 0.454 e. The van der Waals surface area contributed by atoms with Crippen molar-refractivity contribution in [3.63, 3.8) is 0 Å². The van der Waals surface area contributed by atoms with Gasteiger partial charge in [0.25, 0.3) is 10.0 Å². The van der Waals surface area contributed by atoms with Gasteiger partial charge in [-0.15, -0.1) is 6.58 Å². The summed E-state index contributed by atoms with van der Waals surface area (Å²) < 4.78 is 32.1. The monoisotopic (exact) mass is 420 g/mol. The van der Waals surface area contributed by atoms with Crippen molar-refractivity contribution in [2.45, 2.75) is 25.3 Å². The quantitative estimate of drug-likeness (QED) is 0.268. The molecule has 0 spiro atoms. The Morgan fingerprint density at radius 3 is 2.38 bits per heavy atom. The zero-order valence-electron chi connectivity index (χ0n) is 16.8. The van der Waals surface area contributed by atoms with Crippen LogP contribution in [-0.4, -0.2) is 50.0 Å². The van der Waals surface area contributed by atoms with Crippen molar-refractivity contribution in [2.24, 2.45) is 0 Å². The number of rotatable bonds is 9. The maximum atomic E-state index is 12.4. The molecule has 0 amide bonds. The van der Waals surface area contributed by atoms with Crippen molar-refractivity contribution < 1.29 is 27.6 Å². The van der Waals surface area contributed by atoms with Crippen LogP contribution in [0.2, 0.25) is 0 Å². The molecule has 9 heteroatoms. The van der Waals surface area contributed by atoms with Crippen LogP contribution in [-0.2, 0) is 26.1 Å². The Kier molecular flexibility index (Phi) is 7.12. The molecule has 1 heterocycles. The van der Waals surface area contributed by atoms with Crippen LogP contribution in [0.4, 0.5) is 0 Å². The number of ether oxygens (including phenoxy) is 1. The van der Waals surface area contributed by atoms with Crippen molar-refractivity contribution in [2.75, 3.05) is 20.8 Å². The standard InChI is InChI=1S/C20H24N2O6S/c1-6-11-22-14(2)12-18(15(22)3)19(23)13-28-20(24)16-7-9-17(10-8-16)29(25,26)21(4)27-5/h6-10,12H,1,11,13H2,2-5H3. The molecule has 156 valence electrons. The lowest BCUT2D eigenvalue weighted by Crippen LogP contribution is -2.25. The highest BCUT2D eigenvalue weighted by Crippen LogP contribution is 2.18. The molecule has 1 aromatic carbocycles. The van der Waals surface area contributed by atoms with E-state index in [2.05, 4.69) is 6.58 Å². The van der Waals surface area contributed by atoms with Gasteiger partial charge < -0.3 is 9.30 Å². The summed E-state index contributed by atoms with van der Waals surface area (Å²) in [6.45, 7) is 7.57. The van der Waals surface area contributed by atoms with Gasteiger partial charge in [0.05, 0.1) is 17.6 Å². The molecular formula is C20H24N2O6S. The number of allylic oxidation sites excluding steroid dienone is 1. The molecular weight excluding hydrogens is 396 g/mol. The van der Waals surface area contributed by atoms with Crippen LogP contribution in [0, 0.1) is 13.8 Å². The minimum Gasteiger partial charge on any atom is -0.454 e. The molecule has 8 nitrogen and oxygen atoms in total. The smallest absolute Gasteiger partial charge is 0.338 e. The summed E-state index contributed by atoms with van der Waals surface area (Å²) in [4.78, 5) is 29.3. The van der Waals surface area contributed by atoms with Crippen molar-refractivity contribution in [3.8, 4) is 0 Å². The molecule has 29 heavy (non-hydrogen) atoms. The molecule has 0 saturated carbocycles. The summed E-state index contributed by atoms with van der Waals surface area (Å²) in [6.07, 6.45) is 1.74. The van der Waals surface area contributed by atoms with Crippen LogP contribution in [0.15, 0.2) is 47.9 Å². The molecule has 0 saturated heterocycles. The van der Waals surface area contributed by atoms with E-state index in [1.807, 2.05) is 18.4 Å². The summed E-state index contributed by atoms with van der Waals surface area (Å²) in [5, 5.41) is 0. The lowest BCUT2D eigenvalue weighted by atomic mass is 10.1. The SMILES string of the molecule is C=CCn1c(C)cc(C(=O)COC(=O)c2ccc(S(=O)(=O)N(C)OC)cc2)c1C. The summed E-state index contributed by atoms with van der Waals surface area (Å²) in [6, 6.07) is 6.93. The molecule has 0 aliphatic carbocycles. The number of esters is 1. The second-order valence-corrected chi connectivity index (χ2v) is 8.24. The molecule has 0 fully saturated rings. The van der Waals surface area contributed by atoms with E-state index in [0.717, 1.165) is 11.4 Å². The minimum absolute atomic E-state index is 0.0378. The predicted molar refractivity (Wildman–Crippen MR) is 107 cm³/mol. The fourth-order valence-electron chi connectivity index (χ4n) is 2.80. The molecule has 0 bridgehead atoms. The van der Waals surface area contributed by atoms with Gasteiger partial charge >= 0.3 is 5.97 Å². The molecule has 2 rings (SSSR count). The Morgan fingerprint density at radius 2 is 1.83 bits per heavy atom. The van der Waals surface area contributed by atoms with Gasteiger partial charge in [-0.2, -0.15) is 0 Å². The highest BCUT2D eigenvalue weighted by molar-refractivity contribution is 7.89. The topological polar surface area (TPSA) is 94.9 Å². The first-order valence-electron chi connectivity index (χ1n) is 8.74. The maximum Gasteiger partial charge on any atom is 0.338 e. The number of carbonyl (C=O) groups is 2. The third-order valence-electron chi connectivity index (χ3n) is 4.50. The maximum absolute atomic E-state index is 12.4. The van der Waals surface area contributed by atoms with E-state index < -0.39 is 22.6 Å². The summed E-state index contributed by atoms with van der Waals surface area (Å²) in [5.41, 5.74) is 2.31. The Labute approximate surface area is 170 Å². The Hall–Kier alpha value is -2.75. The average molecular weight is 420 g/mol. The van der Waals surface area contributed by atoms with Gasteiger partial charge in [0.1, 0.15) is 0 Å². The zero-order valence-corrected chi connectivity index (χ0v) is 17.7. The second-order valence-electron chi connectivity index (χ2n) is 6.31. The van der Waals surface area contributed by atoms with Crippen LogP contribution in [0.25, 0.3) is 0 Å². The number of Topliss-reactive ketones (excluding diaryl/α,β-unsaturated/α-hetero) is 1. The van der Waals surface area contributed by atoms with Crippen LogP contribution >= 0.6 is 0 Å². The molecule has 2 aromatic rings. The van der Waals surface area contributed by atoms with Gasteiger partial charge in [0.2, 0.25) is 5.78 Å². The van der Waals surface area contributed by atoms with Crippen molar-refractivity contribution in [1.82, 2.24) is 9.04 Å². The van der Waals surface area contributed by atoms with E-state index in [1.54, 1.807) is 12.1 Å². The first-order chi connectivity index (χ1) is 13.6. The number of hydrogen-bond acceptors (Lipinski definition) is 6. The highest BCUT2D eigenvalue weighted by atomic mass is 32.2. The van der Waals surface area contributed by atoms with Crippen LogP contribution in [0.3, 0.4) is 0 Å². The van der Waals surface area contributed by atoms with Crippen LogP contribution < -0.4 is 0 Å². The van der Waals surface area contributed by atoms with Gasteiger partial charge in [-0.25, -0.2) is 13.2 Å². The zero-order chi connectivity index (χ0) is 21.8. The predicted octanol–water partition coefficient (Wildman–Crippen LogP) is 2.51. The third kappa shape index (κ3) is 4.81. The van der Waals surface area contributed by atoms with Crippen molar-refractivity contribution in [1.29, 1.82) is 0 Å². The molecule has 0 N–H and O–H groups in total. The van der Waals surface area contributed by atoms with E-state index in [1.165, 1.54) is 38.4 Å². The molecule has 0 atom stereocenters. The Balaban J connectivity index is 2.07. The Morgan fingerprint density at radius 1 is 1.21 bits per heavy atom. The normalized spacial score (nSPS) is 11.5. The van der Waals surface area contributed by atoms with E-state index in [4.69, 9.17) is 9.57 Å². The number of nitrogens with zero attached hydrogens (tertiary/aromatic N) is 2. The lowest BCUT2D eigenvalue weighted by molar-refractivity contribution is -0.0258. The van der Waals surface area contributed by atoms with Gasteiger partial charge in [-0.3, -0.25) is 9.63 Å². The number of carbonyl (C=O) groups excluding carboxylic acids is 2. The van der Waals surface area contributed by atoms with Crippen LogP contribution in [0.1, 0.15) is 32.1 Å². The van der Waals surface area contributed by atoms with E-state index >= 15 is 0 Å². The number of benzene rings is 1. The summed E-state index contributed by atoms with van der Waals surface area (Å²) >= 11 is 0. The van der Waals surface area contributed by atoms with E-state index in [0.29, 0.717) is 16.6 Å². The molecule has 0 aliphatic heterocycles. The first kappa shape index (κ1) is 22.5. The van der Waals surface area contributed by atoms with Crippen LogP contribution in [0.5, 0.6) is 0 Å². The van der Waals surface area contributed by atoms with Crippen molar-refractivity contribution >= 4 is 21.8 Å². The average Bonchev–Trinajstić information content (AvgIpc) is 2.99.